The average molecular weight is 488 g/mol. The molecular formula is C28H30FN5O2. The quantitative estimate of drug-likeness (QED) is 0.567. The summed E-state index contributed by atoms with van der Waals surface area (Å²) in [5.74, 6) is -0.870. The summed E-state index contributed by atoms with van der Waals surface area (Å²) in [5, 5.41) is 23.8. The van der Waals surface area contributed by atoms with Crippen molar-refractivity contribution in [1.29, 1.82) is 5.26 Å². The first-order valence-corrected chi connectivity index (χ1v) is 12.6. The summed E-state index contributed by atoms with van der Waals surface area (Å²) in [5.41, 5.74) is 1.51. The number of benzene rings is 1. The number of pyridine rings is 2. The van der Waals surface area contributed by atoms with E-state index in [1.165, 1.54) is 6.07 Å². The Labute approximate surface area is 210 Å². The first kappa shape index (κ1) is 24.3. The highest BCUT2D eigenvalue weighted by atomic mass is 19.1. The summed E-state index contributed by atoms with van der Waals surface area (Å²) >= 11 is 0. The van der Waals surface area contributed by atoms with Crippen LogP contribution in [0.3, 0.4) is 0 Å². The summed E-state index contributed by atoms with van der Waals surface area (Å²) < 4.78 is 14.8. The lowest BCUT2D eigenvalue weighted by Crippen LogP contribution is -2.45. The third-order valence-corrected chi connectivity index (χ3v) is 7.69. The van der Waals surface area contributed by atoms with Crippen molar-refractivity contribution in [2.45, 2.75) is 62.6 Å². The summed E-state index contributed by atoms with van der Waals surface area (Å²) in [6.07, 6.45) is 7.51. The Morgan fingerprint density at radius 1 is 1.22 bits per heavy atom. The number of aliphatic hydroxyl groups is 1. The number of piperidine rings is 1. The number of rotatable bonds is 5. The van der Waals surface area contributed by atoms with Crippen molar-refractivity contribution in [3.05, 3.63) is 71.4 Å². The van der Waals surface area contributed by atoms with Crippen LogP contribution >= 0.6 is 0 Å². The maximum Gasteiger partial charge on any atom is 0.270 e. The molecule has 186 valence electrons. The van der Waals surface area contributed by atoms with Crippen LogP contribution in [0.25, 0.3) is 10.9 Å². The normalized spacial score (nSPS) is 22.1. The largest absolute Gasteiger partial charge is 0.391 e. The smallest absolute Gasteiger partial charge is 0.270 e. The number of hydrogen-bond acceptors (Lipinski definition) is 6. The number of hydrogen-bond donors (Lipinski definition) is 2. The van der Waals surface area contributed by atoms with Gasteiger partial charge in [-0.05, 0) is 55.0 Å². The van der Waals surface area contributed by atoms with Gasteiger partial charge in [-0.2, -0.15) is 5.26 Å². The molecule has 7 nitrogen and oxygen atoms in total. The number of likely N-dealkylation sites (tertiary alicyclic amines) is 1. The Kier molecular flexibility index (Phi) is 6.95. The Morgan fingerprint density at radius 3 is 2.75 bits per heavy atom. The molecule has 2 N–H and O–H groups in total. The monoisotopic (exact) mass is 487 g/mol. The van der Waals surface area contributed by atoms with Crippen LogP contribution in [0.5, 0.6) is 0 Å². The summed E-state index contributed by atoms with van der Waals surface area (Å²) in [4.78, 5) is 23.9. The van der Waals surface area contributed by atoms with Crippen LogP contribution in [0.15, 0.2) is 48.8 Å². The molecule has 2 aromatic heterocycles. The molecule has 2 atom stereocenters. The van der Waals surface area contributed by atoms with E-state index in [4.69, 9.17) is 0 Å². The average Bonchev–Trinajstić information content (AvgIpc) is 2.91. The number of aliphatic hydroxyl groups excluding tert-OH is 1. The fourth-order valence-corrected chi connectivity index (χ4v) is 5.50. The molecule has 8 heteroatoms. The van der Waals surface area contributed by atoms with Crippen LogP contribution in [-0.2, 0) is 12.0 Å². The van der Waals surface area contributed by atoms with Crippen molar-refractivity contribution in [2.75, 3.05) is 13.1 Å². The molecule has 1 aromatic carbocycles. The van der Waals surface area contributed by atoms with E-state index in [2.05, 4.69) is 26.3 Å². The Bertz CT molecular complexity index is 1280. The third kappa shape index (κ3) is 4.81. The van der Waals surface area contributed by atoms with E-state index in [9.17, 15) is 19.6 Å². The van der Waals surface area contributed by atoms with Crippen molar-refractivity contribution in [3.63, 3.8) is 0 Å². The van der Waals surface area contributed by atoms with Crippen LogP contribution in [0, 0.1) is 17.1 Å². The minimum atomic E-state index is -0.576. The zero-order valence-corrected chi connectivity index (χ0v) is 20.2. The van der Waals surface area contributed by atoms with Crippen LogP contribution in [0.1, 0.15) is 60.1 Å². The minimum Gasteiger partial charge on any atom is -0.391 e. The molecule has 0 bridgehead atoms. The van der Waals surface area contributed by atoms with Crippen LogP contribution < -0.4 is 5.32 Å². The highest BCUT2D eigenvalue weighted by Gasteiger charge is 2.37. The van der Waals surface area contributed by atoms with Gasteiger partial charge in [0.15, 0.2) is 0 Å². The minimum absolute atomic E-state index is 0.152. The van der Waals surface area contributed by atoms with Crippen molar-refractivity contribution in [1.82, 2.24) is 20.2 Å². The van der Waals surface area contributed by atoms with Gasteiger partial charge in [-0.1, -0.05) is 31.0 Å². The fraction of sp³-hybridized carbons (Fsp3) is 0.429. The number of nitrogens with zero attached hydrogens (tertiary/aromatic N) is 4. The lowest BCUT2D eigenvalue weighted by atomic mass is 9.74. The first-order valence-electron chi connectivity index (χ1n) is 12.6. The second kappa shape index (κ2) is 10.3. The summed E-state index contributed by atoms with van der Waals surface area (Å²) in [7, 11) is 0. The lowest BCUT2D eigenvalue weighted by molar-refractivity contribution is 0.0714. The molecule has 36 heavy (non-hydrogen) atoms. The second-order valence-electron chi connectivity index (χ2n) is 9.95. The number of aromatic nitrogens is 2. The van der Waals surface area contributed by atoms with Gasteiger partial charge in [0.05, 0.1) is 23.6 Å². The van der Waals surface area contributed by atoms with E-state index in [1.54, 1.807) is 24.5 Å². The van der Waals surface area contributed by atoms with Gasteiger partial charge in [-0.15, -0.1) is 0 Å². The molecule has 1 aliphatic heterocycles. The van der Waals surface area contributed by atoms with E-state index < -0.39 is 23.2 Å². The van der Waals surface area contributed by atoms with E-state index in [-0.39, 0.29) is 17.3 Å². The van der Waals surface area contributed by atoms with Gasteiger partial charge < -0.3 is 10.4 Å². The summed E-state index contributed by atoms with van der Waals surface area (Å²) in [6, 6.07) is 12.6. The van der Waals surface area contributed by atoms with Crippen molar-refractivity contribution < 1.29 is 14.3 Å². The number of nitriles is 1. The number of para-hydroxylation sites is 1. The highest BCUT2D eigenvalue weighted by molar-refractivity contribution is 5.96. The number of amides is 1. The van der Waals surface area contributed by atoms with Crippen LogP contribution in [-0.4, -0.2) is 51.1 Å². The predicted octanol–water partition coefficient (Wildman–Crippen LogP) is 3.86. The first-order chi connectivity index (χ1) is 17.5. The van der Waals surface area contributed by atoms with Crippen molar-refractivity contribution >= 4 is 16.8 Å². The molecule has 1 saturated carbocycles. The lowest BCUT2D eigenvalue weighted by Gasteiger charge is -2.37. The van der Waals surface area contributed by atoms with Gasteiger partial charge in [0.25, 0.3) is 5.91 Å². The maximum absolute atomic E-state index is 14.8. The van der Waals surface area contributed by atoms with E-state index in [1.807, 2.05) is 18.2 Å². The van der Waals surface area contributed by atoms with Gasteiger partial charge in [0, 0.05) is 37.4 Å². The van der Waals surface area contributed by atoms with Gasteiger partial charge >= 0.3 is 0 Å². The van der Waals surface area contributed by atoms with E-state index in [0.29, 0.717) is 50.7 Å². The maximum atomic E-state index is 14.8. The predicted molar refractivity (Wildman–Crippen MR) is 133 cm³/mol. The number of carbonyl (C=O) groups excluding carboxylic acids is 1. The molecule has 2 aliphatic rings. The molecule has 1 amide bonds. The van der Waals surface area contributed by atoms with Gasteiger partial charge in [0.2, 0.25) is 0 Å². The fourth-order valence-electron chi connectivity index (χ4n) is 5.50. The SMILES string of the molecule is N#CC1(c2cccnc2)CCN(Cc2cc(C(=O)NC3CCCCC3O)nc3c(F)cccc23)CC1. The highest BCUT2D eigenvalue weighted by Crippen LogP contribution is 2.35. The van der Waals surface area contributed by atoms with Gasteiger partial charge in [-0.25, -0.2) is 9.37 Å². The zero-order chi connectivity index (χ0) is 25.1. The number of nitrogens with one attached hydrogen (secondary N) is 1. The molecule has 1 saturated heterocycles. The van der Waals surface area contributed by atoms with Crippen molar-refractivity contribution in [2.24, 2.45) is 0 Å². The second-order valence-corrected chi connectivity index (χ2v) is 9.95. The van der Waals surface area contributed by atoms with Crippen LogP contribution in [0.4, 0.5) is 4.39 Å². The molecule has 0 radical (unpaired) electrons. The van der Waals surface area contributed by atoms with Crippen LogP contribution in [0.2, 0.25) is 0 Å². The molecular weight excluding hydrogens is 457 g/mol. The number of carbonyl (C=O) groups is 1. The summed E-state index contributed by atoms with van der Waals surface area (Å²) in [6.45, 7) is 1.90. The molecule has 0 spiro atoms. The van der Waals surface area contributed by atoms with Crippen molar-refractivity contribution in [3.8, 4) is 6.07 Å². The Balaban J connectivity index is 1.38. The third-order valence-electron chi connectivity index (χ3n) is 7.69. The van der Waals surface area contributed by atoms with Gasteiger partial charge in [-0.3, -0.25) is 14.7 Å². The van der Waals surface area contributed by atoms with E-state index in [0.717, 1.165) is 24.0 Å². The molecule has 1 aliphatic carbocycles. The standard InChI is InChI=1S/C28H30FN5O2/c29-22-7-3-6-21-19(15-24(32-26(21)22)27(36)33-23-8-1-2-9-25(23)35)17-34-13-10-28(18-30,11-14-34)20-5-4-12-31-16-20/h3-7,12,15-16,23,25,35H,1-2,8-11,13-14,17H2,(H,33,36). The Hall–Kier alpha value is -3.41. The number of halogens is 1. The molecule has 5 rings (SSSR count). The zero-order valence-electron chi connectivity index (χ0n) is 20.2. The molecule has 2 fully saturated rings. The molecule has 3 heterocycles. The topological polar surface area (TPSA) is 102 Å². The van der Waals surface area contributed by atoms with Gasteiger partial charge in [0.1, 0.15) is 17.0 Å². The van der Waals surface area contributed by atoms with E-state index >= 15 is 0 Å². The molecule has 3 aromatic rings. The number of fused-ring (bicyclic) bond motifs is 1. The Morgan fingerprint density at radius 2 is 2.03 bits per heavy atom. The molecule has 2 unspecified atom stereocenters.